The number of carbonyl (C=O) groups is 1. The molecule has 2 heterocycles. The van der Waals surface area contributed by atoms with Gasteiger partial charge in [0, 0.05) is 24.3 Å². The minimum Gasteiger partial charge on any atom is -0.391 e. The molecule has 1 aromatic heterocycles. The van der Waals surface area contributed by atoms with E-state index in [-0.39, 0.29) is 5.91 Å². The van der Waals surface area contributed by atoms with E-state index in [4.69, 9.17) is 0 Å². The largest absolute Gasteiger partial charge is 0.391 e. The van der Waals surface area contributed by atoms with Crippen LogP contribution in [-0.4, -0.2) is 44.7 Å². The predicted octanol–water partition coefficient (Wildman–Crippen LogP) is 2.54. The van der Waals surface area contributed by atoms with Gasteiger partial charge >= 0.3 is 0 Å². The second-order valence-corrected chi connectivity index (χ2v) is 6.23. The van der Waals surface area contributed by atoms with Crippen molar-refractivity contribution in [3.05, 3.63) is 59.9 Å². The number of para-hydroxylation sites is 1. The molecule has 0 saturated carbocycles. The van der Waals surface area contributed by atoms with E-state index in [2.05, 4.69) is 9.55 Å². The summed E-state index contributed by atoms with van der Waals surface area (Å²) in [5, 5.41) is 9.62. The van der Waals surface area contributed by atoms with Crippen LogP contribution in [0.3, 0.4) is 0 Å². The molecule has 1 amide bonds. The first-order valence-corrected chi connectivity index (χ1v) is 8.15. The Morgan fingerprint density at radius 2 is 2.00 bits per heavy atom. The molecule has 0 bridgehead atoms. The van der Waals surface area contributed by atoms with E-state index in [0.717, 1.165) is 22.5 Å². The number of aliphatic hydroxyl groups is 1. The van der Waals surface area contributed by atoms with Crippen molar-refractivity contribution in [3.63, 3.8) is 0 Å². The lowest BCUT2D eigenvalue weighted by atomic mass is 10.1. The molecule has 122 valence electrons. The molecule has 0 aliphatic carbocycles. The number of rotatable bonds is 2. The second-order valence-electron chi connectivity index (χ2n) is 6.23. The van der Waals surface area contributed by atoms with Crippen LogP contribution in [-0.2, 0) is 0 Å². The van der Waals surface area contributed by atoms with Crippen LogP contribution in [0.2, 0.25) is 0 Å². The minimum absolute atomic E-state index is 0.0413. The van der Waals surface area contributed by atoms with Crippen molar-refractivity contribution in [2.75, 3.05) is 13.1 Å². The van der Waals surface area contributed by atoms with Gasteiger partial charge in [-0.2, -0.15) is 0 Å². The van der Waals surface area contributed by atoms with Gasteiger partial charge in [0.25, 0.3) is 5.91 Å². The molecule has 24 heavy (non-hydrogen) atoms. The van der Waals surface area contributed by atoms with E-state index >= 15 is 0 Å². The lowest BCUT2D eigenvalue weighted by molar-refractivity contribution is 0.0765. The topological polar surface area (TPSA) is 58.4 Å². The molecule has 1 aliphatic rings. The molecule has 1 atom stereocenters. The Kier molecular flexibility index (Phi) is 3.58. The predicted molar refractivity (Wildman–Crippen MR) is 92.3 cm³/mol. The summed E-state index contributed by atoms with van der Waals surface area (Å²) in [7, 11) is 0. The molecule has 4 rings (SSSR count). The highest BCUT2D eigenvalue weighted by Gasteiger charge is 2.25. The Bertz CT molecular complexity index is 902. The van der Waals surface area contributed by atoms with Gasteiger partial charge in [0.15, 0.2) is 0 Å². The van der Waals surface area contributed by atoms with Gasteiger partial charge in [0.1, 0.15) is 5.82 Å². The molecule has 5 heteroatoms. The van der Waals surface area contributed by atoms with Gasteiger partial charge in [0.2, 0.25) is 0 Å². The molecule has 1 saturated heterocycles. The molecule has 1 fully saturated rings. The zero-order valence-electron chi connectivity index (χ0n) is 13.5. The van der Waals surface area contributed by atoms with Crippen molar-refractivity contribution < 1.29 is 9.90 Å². The molecule has 2 aromatic carbocycles. The van der Waals surface area contributed by atoms with Crippen LogP contribution in [0.5, 0.6) is 0 Å². The minimum atomic E-state index is -0.405. The first kappa shape index (κ1) is 14.9. The van der Waals surface area contributed by atoms with E-state index in [0.29, 0.717) is 25.1 Å². The maximum absolute atomic E-state index is 12.6. The molecule has 3 aromatic rings. The van der Waals surface area contributed by atoms with Crippen LogP contribution in [0.15, 0.2) is 48.5 Å². The standard InChI is InChI=1S/C19H19N3O2/c1-13-20-17-11-14(19(24)21-10-9-16(23)12-21)7-8-18(17)22(13)15-5-3-2-4-6-15/h2-8,11,16,23H,9-10,12H2,1H3/t16-/m1/s1. The van der Waals surface area contributed by atoms with Gasteiger partial charge < -0.3 is 10.0 Å². The number of aryl methyl sites for hydroxylation is 1. The van der Waals surface area contributed by atoms with Gasteiger partial charge in [-0.1, -0.05) is 18.2 Å². The van der Waals surface area contributed by atoms with Gasteiger partial charge in [-0.3, -0.25) is 9.36 Å². The summed E-state index contributed by atoms with van der Waals surface area (Å²) in [6, 6.07) is 15.7. The summed E-state index contributed by atoms with van der Waals surface area (Å²) in [5.41, 5.74) is 3.47. The molecule has 1 N–H and O–H groups in total. The number of amides is 1. The molecule has 1 aliphatic heterocycles. The number of likely N-dealkylation sites (tertiary alicyclic amines) is 1. The van der Waals surface area contributed by atoms with E-state index in [1.54, 1.807) is 4.90 Å². The summed E-state index contributed by atoms with van der Waals surface area (Å²) >= 11 is 0. The smallest absolute Gasteiger partial charge is 0.254 e. The first-order chi connectivity index (χ1) is 11.6. The SMILES string of the molecule is Cc1nc2cc(C(=O)N3CC[C@@H](O)C3)ccc2n1-c1ccccc1. The number of β-amino-alcohol motifs (C(OH)–C–C–N with tert-alkyl or cyclic N) is 1. The van der Waals surface area contributed by atoms with Crippen LogP contribution in [0, 0.1) is 6.92 Å². The number of hydrogen-bond acceptors (Lipinski definition) is 3. The fourth-order valence-corrected chi connectivity index (χ4v) is 3.35. The van der Waals surface area contributed by atoms with Crippen molar-refractivity contribution in [2.24, 2.45) is 0 Å². The Morgan fingerprint density at radius 1 is 1.21 bits per heavy atom. The Balaban J connectivity index is 1.74. The maximum Gasteiger partial charge on any atom is 0.254 e. The number of hydrogen-bond donors (Lipinski definition) is 1. The Morgan fingerprint density at radius 3 is 2.71 bits per heavy atom. The van der Waals surface area contributed by atoms with E-state index in [1.165, 1.54) is 0 Å². The van der Waals surface area contributed by atoms with Crippen molar-refractivity contribution in [1.29, 1.82) is 0 Å². The fraction of sp³-hybridized carbons (Fsp3) is 0.263. The number of carbonyl (C=O) groups excluding carboxylic acids is 1. The van der Waals surface area contributed by atoms with Gasteiger partial charge in [-0.15, -0.1) is 0 Å². The van der Waals surface area contributed by atoms with Crippen LogP contribution in [0.1, 0.15) is 22.6 Å². The molecule has 0 radical (unpaired) electrons. The lowest BCUT2D eigenvalue weighted by Gasteiger charge is -2.15. The highest BCUT2D eigenvalue weighted by Crippen LogP contribution is 2.23. The summed E-state index contributed by atoms with van der Waals surface area (Å²) in [6.45, 7) is 2.98. The number of aliphatic hydroxyl groups excluding tert-OH is 1. The average molecular weight is 321 g/mol. The zero-order chi connectivity index (χ0) is 16.7. The van der Waals surface area contributed by atoms with Crippen LogP contribution >= 0.6 is 0 Å². The summed E-state index contributed by atoms with van der Waals surface area (Å²) in [4.78, 5) is 18.9. The number of nitrogens with zero attached hydrogens (tertiary/aromatic N) is 3. The van der Waals surface area contributed by atoms with Crippen LogP contribution in [0.4, 0.5) is 0 Å². The third-order valence-electron chi connectivity index (χ3n) is 4.53. The third kappa shape index (κ3) is 2.47. The van der Waals surface area contributed by atoms with Gasteiger partial charge in [-0.25, -0.2) is 4.98 Å². The zero-order valence-corrected chi connectivity index (χ0v) is 13.5. The Labute approximate surface area is 140 Å². The van der Waals surface area contributed by atoms with E-state index in [1.807, 2.05) is 55.5 Å². The first-order valence-electron chi connectivity index (χ1n) is 8.15. The number of fused-ring (bicyclic) bond motifs is 1. The van der Waals surface area contributed by atoms with Crippen molar-refractivity contribution in [3.8, 4) is 5.69 Å². The summed E-state index contributed by atoms with van der Waals surface area (Å²) < 4.78 is 2.09. The van der Waals surface area contributed by atoms with E-state index in [9.17, 15) is 9.90 Å². The molecular weight excluding hydrogens is 302 g/mol. The van der Waals surface area contributed by atoms with E-state index < -0.39 is 6.10 Å². The normalized spacial score (nSPS) is 17.6. The lowest BCUT2D eigenvalue weighted by Crippen LogP contribution is -2.29. The van der Waals surface area contributed by atoms with Gasteiger partial charge in [0.05, 0.1) is 17.1 Å². The molecule has 0 unspecified atom stereocenters. The third-order valence-corrected chi connectivity index (χ3v) is 4.53. The highest BCUT2D eigenvalue weighted by molar-refractivity contribution is 5.97. The van der Waals surface area contributed by atoms with Crippen LogP contribution < -0.4 is 0 Å². The van der Waals surface area contributed by atoms with Crippen LogP contribution in [0.25, 0.3) is 16.7 Å². The van der Waals surface area contributed by atoms with Crippen molar-refractivity contribution >= 4 is 16.9 Å². The number of imidazole rings is 1. The summed E-state index contributed by atoms with van der Waals surface area (Å²) in [5.74, 6) is 0.845. The number of benzene rings is 2. The molecule has 0 spiro atoms. The quantitative estimate of drug-likeness (QED) is 0.789. The monoisotopic (exact) mass is 321 g/mol. The highest BCUT2D eigenvalue weighted by atomic mass is 16.3. The maximum atomic E-state index is 12.6. The number of aromatic nitrogens is 2. The molecule has 5 nitrogen and oxygen atoms in total. The Hall–Kier alpha value is -2.66. The average Bonchev–Trinajstić information content (AvgIpc) is 3.16. The van der Waals surface area contributed by atoms with Gasteiger partial charge in [-0.05, 0) is 43.7 Å². The fourth-order valence-electron chi connectivity index (χ4n) is 3.35. The second kappa shape index (κ2) is 5.76. The van der Waals surface area contributed by atoms with Crippen molar-refractivity contribution in [1.82, 2.24) is 14.5 Å². The van der Waals surface area contributed by atoms with Crippen molar-refractivity contribution in [2.45, 2.75) is 19.4 Å². The summed E-state index contributed by atoms with van der Waals surface area (Å²) in [6.07, 6.45) is 0.243. The molecular formula is C19H19N3O2.